The molecule has 0 N–H and O–H groups in total. The van der Waals surface area contributed by atoms with Gasteiger partial charge in [0.05, 0.1) is 6.61 Å². The third kappa shape index (κ3) is 21.4. The molecule has 0 aliphatic carbocycles. The van der Waals surface area contributed by atoms with Gasteiger partial charge in [0.2, 0.25) is 0 Å². The van der Waals surface area contributed by atoms with Crippen molar-refractivity contribution >= 4 is 5.97 Å². The van der Waals surface area contributed by atoms with Gasteiger partial charge in [-0.15, -0.1) is 0 Å². The van der Waals surface area contributed by atoms with E-state index in [1.807, 2.05) is 0 Å². The van der Waals surface area contributed by atoms with E-state index in [0.717, 1.165) is 13.0 Å². The zero-order valence-electron chi connectivity index (χ0n) is 15.7. The molecule has 0 atom stereocenters. The van der Waals surface area contributed by atoms with Gasteiger partial charge in [0.1, 0.15) is 6.61 Å². The molecule has 0 saturated heterocycles. The fraction of sp³-hybridized carbons (Fsp3) is 0.950. The largest absolute Gasteiger partial charge is 0.463 e. The Balaban J connectivity index is 2.96. The summed E-state index contributed by atoms with van der Waals surface area (Å²) in [4.78, 5) is 10.5. The van der Waals surface area contributed by atoms with Gasteiger partial charge < -0.3 is 9.47 Å². The molecule has 0 fully saturated rings. The van der Waals surface area contributed by atoms with Gasteiger partial charge in [-0.1, -0.05) is 90.4 Å². The van der Waals surface area contributed by atoms with Crippen LogP contribution in [-0.4, -0.2) is 25.8 Å². The minimum Gasteiger partial charge on any atom is -0.463 e. The van der Waals surface area contributed by atoms with E-state index in [2.05, 4.69) is 6.92 Å². The second kappa shape index (κ2) is 19.5. The molecule has 0 radical (unpaired) electrons. The van der Waals surface area contributed by atoms with Crippen molar-refractivity contribution < 1.29 is 14.3 Å². The van der Waals surface area contributed by atoms with Gasteiger partial charge in [-0.05, 0) is 6.42 Å². The molecule has 0 aromatic rings. The van der Waals surface area contributed by atoms with Gasteiger partial charge in [0.15, 0.2) is 0 Å². The number of ether oxygens (including phenoxy) is 2. The lowest BCUT2D eigenvalue weighted by Crippen LogP contribution is -2.08. The monoisotopic (exact) mass is 328 g/mol. The highest BCUT2D eigenvalue weighted by molar-refractivity contribution is 5.65. The van der Waals surface area contributed by atoms with Crippen molar-refractivity contribution in [3.63, 3.8) is 0 Å². The summed E-state index contributed by atoms with van der Waals surface area (Å²) in [5, 5.41) is 0. The minimum atomic E-state index is -0.231. The summed E-state index contributed by atoms with van der Waals surface area (Å²) >= 11 is 0. The highest BCUT2D eigenvalue weighted by Gasteiger charge is 1.95. The third-order valence-corrected chi connectivity index (χ3v) is 4.18. The number of unbranched alkanes of at least 4 members (excludes halogenated alkanes) is 13. The van der Waals surface area contributed by atoms with Crippen LogP contribution in [0.25, 0.3) is 0 Å². The number of hydrogen-bond acceptors (Lipinski definition) is 3. The average molecular weight is 329 g/mol. The Labute approximate surface area is 144 Å². The molecule has 23 heavy (non-hydrogen) atoms. The summed E-state index contributed by atoms with van der Waals surface area (Å²) in [5.41, 5.74) is 0. The van der Waals surface area contributed by atoms with E-state index in [1.54, 1.807) is 0 Å². The molecule has 0 heterocycles. The Morgan fingerprint density at radius 2 is 1.04 bits per heavy atom. The molecule has 0 aromatic heterocycles. The standard InChI is InChI=1S/C20H40O3/c1-3-4-5-6-7-8-9-10-11-12-13-14-15-16-17-22-18-19-23-20(2)21/h3-19H2,1-2H3. The zero-order valence-corrected chi connectivity index (χ0v) is 15.7. The molecular weight excluding hydrogens is 288 g/mol. The Morgan fingerprint density at radius 1 is 0.609 bits per heavy atom. The van der Waals surface area contributed by atoms with Gasteiger partial charge in [0, 0.05) is 13.5 Å². The van der Waals surface area contributed by atoms with Crippen molar-refractivity contribution in [3.8, 4) is 0 Å². The van der Waals surface area contributed by atoms with E-state index in [4.69, 9.17) is 9.47 Å². The number of rotatable bonds is 18. The summed E-state index contributed by atoms with van der Waals surface area (Å²) in [5.74, 6) is -0.231. The SMILES string of the molecule is CCCCCCCCCCCCCCCCOCCOC(C)=O. The molecule has 0 aliphatic rings. The van der Waals surface area contributed by atoms with Crippen LogP contribution in [0.5, 0.6) is 0 Å². The van der Waals surface area contributed by atoms with E-state index in [1.165, 1.54) is 90.4 Å². The summed E-state index contributed by atoms with van der Waals surface area (Å²) in [7, 11) is 0. The molecule has 138 valence electrons. The first-order chi connectivity index (χ1) is 11.3. The zero-order chi connectivity index (χ0) is 17.0. The highest BCUT2D eigenvalue weighted by Crippen LogP contribution is 2.12. The minimum absolute atomic E-state index is 0.231. The maximum atomic E-state index is 10.5. The first-order valence-corrected chi connectivity index (χ1v) is 9.98. The lowest BCUT2D eigenvalue weighted by atomic mass is 10.0. The van der Waals surface area contributed by atoms with Crippen molar-refractivity contribution in [3.05, 3.63) is 0 Å². The van der Waals surface area contributed by atoms with Crippen LogP contribution in [0.15, 0.2) is 0 Å². The van der Waals surface area contributed by atoms with Gasteiger partial charge >= 0.3 is 5.97 Å². The van der Waals surface area contributed by atoms with Crippen LogP contribution in [0, 0.1) is 0 Å². The van der Waals surface area contributed by atoms with E-state index >= 15 is 0 Å². The lowest BCUT2D eigenvalue weighted by molar-refractivity contribution is -0.142. The van der Waals surface area contributed by atoms with Crippen LogP contribution in [-0.2, 0) is 14.3 Å². The second-order valence-electron chi connectivity index (χ2n) is 6.55. The predicted molar refractivity (Wildman–Crippen MR) is 97.8 cm³/mol. The van der Waals surface area contributed by atoms with Crippen molar-refractivity contribution in [1.29, 1.82) is 0 Å². The molecule has 0 aromatic carbocycles. The smallest absolute Gasteiger partial charge is 0.302 e. The number of carbonyl (C=O) groups excluding carboxylic acids is 1. The quantitative estimate of drug-likeness (QED) is 0.227. The fourth-order valence-corrected chi connectivity index (χ4v) is 2.75. The van der Waals surface area contributed by atoms with Crippen LogP contribution < -0.4 is 0 Å². The predicted octanol–water partition coefficient (Wildman–Crippen LogP) is 6.05. The van der Waals surface area contributed by atoms with Crippen molar-refractivity contribution in [2.45, 2.75) is 104 Å². The van der Waals surface area contributed by atoms with E-state index in [-0.39, 0.29) is 5.97 Å². The Morgan fingerprint density at radius 3 is 1.48 bits per heavy atom. The van der Waals surface area contributed by atoms with Crippen molar-refractivity contribution in [2.75, 3.05) is 19.8 Å². The summed E-state index contributed by atoms with van der Waals surface area (Å²) in [6.45, 7) is 5.40. The molecule has 0 rings (SSSR count). The Kier molecular flexibility index (Phi) is 19.0. The summed E-state index contributed by atoms with van der Waals surface area (Å²) in [6.07, 6.45) is 19.2. The highest BCUT2D eigenvalue weighted by atomic mass is 16.6. The second-order valence-corrected chi connectivity index (χ2v) is 6.55. The fourth-order valence-electron chi connectivity index (χ4n) is 2.75. The average Bonchev–Trinajstić information content (AvgIpc) is 2.53. The third-order valence-electron chi connectivity index (χ3n) is 4.18. The van der Waals surface area contributed by atoms with E-state index in [9.17, 15) is 4.79 Å². The molecule has 0 bridgehead atoms. The number of esters is 1. The molecule has 3 heteroatoms. The molecular formula is C20H40O3. The van der Waals surface area contributed by atoms with Crippen LogP contribution in [0.3, 0.4) is 0 Å². The number of hydrogen-bond donors (Lipinski definition) is 0. The van der Waals surface area contributed by atoms with Crippen molar-refractivity contribution in [1.82, 2.24) is 0 Å². The maximum Gasteiger partial charge on any atom is 0.302 e. The van der Waals surface area contributed by atoms with E-state index < -0.39 is 0 Å². The van der Waals surface area contributed by atoms with Crippen LogP contribution in [0.2, 0.25) is 0 Å². The van der Waals surface area contributed by atoms with Crippen LogP contribution in [0.4, 0.5) is 0 Å². The van der Waals surface area contributed by atoms with Crippen molar-refractivity contribution in [2.24, 2.45) is 0 Å². The summed E-state index contributed by atoms with van der Waals surface area (Å²) in [6, 6.07) is 0. The van der Waals surface area contributed by atoms with Gasteiger partial charge in [0.25, 0.3) is 0 Å². The Hall–Kier alpha value is -0.570. The first-order valence-electron chi connectivity index (χ1n) is 9.98. The summed E-state index contributed by atoms with van der Waals surface area (Å²) < 4.78 is 10.2. The van der Waals surface area contributed by atoms with Crippen LogP contribution >= 0.6 is 0 Å². The molecule has 0 aliphatic heterocycles. The maximum absolute atomic E-state index is 10.5. The molecule has 0 unspecified atom stereocenters. The Bertz CT molecular complexity index is 241. The first kappa shape index (κ1) is 22.4. The van der Waals surface area contributed by atoms with Crippen LogP contribution in [0.1, 0.15) is 104 Å². The van der Waals surface area contributed by atoms with E-state index in [0.29, 0.717) is 13.2 Å². The van der Waals surface area contributed by atoms with Gasteiger partial charge in [-0.3, -0.25) is 4.79 Å². The lowest BCUT2D eigenvalue weighted by Gasteiger charge is -2.05. The van der Waals surface area contributed by atoms with Gasteiger partial charge in [-0.25, -0.2) is 0 Å². The normalized spacial score (nSPS) is 10.9. The van der Waals surface area contributed by atoms with Gasteiger partial charge in [-0.2, -0.15) is 0 Å². The topological polar surface area (TPSA) is 35.5 Å². The number of carbonyl (C=O) groups is 1. The molecule has 3 nitrogen and oxygen atoms in total. The molecule has 0 amide bonds. The molecule has 0 saturated carbocycles. The molecule has 0 spiro atoms.